The highest BCUT2D eigenvalue weighted by Crippen LogP contribution is 2.26. The second-order valence-electron chi connectivity index (χ2n) is 7.22. The van der Waals surface area contributed by atoms with Crippen molar-refractivity contribution in [1.82, 2.24) is 24.3 Å². The molecule has 1 aromatic carbocycles. The van der Waals surface area contributed by atoms with E-state index >= 15 is 0 Å². The lowest BCUT2D eigenvalue weighted by atomic mass is 10.1. The summed E-state index contributed by atoms with van der Waals surface area (Å²) in [6.45, 7) is 4.58. The Morgan fingerprint density at radius 3 is 2.62 bits per heavy atom. The third kappa shape index (κ3) is 3.56. The summed E-state index contributed by atoms with van der Waals surface area (Å²) in [4.78, 5) is 18.1. The lowest BCUT2D eigenvalue weighted by Crippen LogP contribution is -2.46. The summed E-state index contributed by atoms with van der Waals surface area (Å²) in [5, 5.41) is 0. The second kappa shape index (κ2) is 7.60. The van der Waals surface area contributed by atoms with Gasteiger partial charge in [0, 0.05) is 63.1 Å². The van der Waals surface area contributed by atoms with Gasteiger partial charge in [-0.05, 0) is 23.8 Å². The average molecular weight is 388 g/mol. The van der Waals surface area contributed by atoms with Gasteiger partial charge in [0.25, 0.3) is 0 Å². The lowest BCUT2D eigenvalue weighted by Gasteiger charge is -2.35. The van der Waals surface area contributed by atoms with Crippen LogP contribution in [0.5, 0.6) is 0 Å². The number of piperazine rings is 1. The van der Waals surface area contributed by atoms with Crippen LogP contribution in [0.15, 0.2) is 67.4 Å². The smallest absolute Gasteiger partial charge is 0.180 e. The highest BCUT2D eigenvalue weighted by molar-refractivity contribution is 5.71. The van der Waals surface area contributed by atoms with Crippen molar-refractivity contribution in [3.63, 3.8) is 0 Å². The van der Waals surface area contributed by atoms with E-state index in [2.05, 4.69) is 30.8 Å². The molecule has 5 rings (SSSR count). The van der Waals surface area contributed by atoms with Crippen molar-refractivity contribution in [2.45, 2.75) is 6.54 Å². The van der Waals surface area contributed by atoms with Gasteiger partial charge in [-0.2, -0.15) is 0 Å². The van der Waals surface area contributed by atoms with Crippen molar-refractivity contribution in [1.29, 1.82) is 0 Å². The van der Waals surface area contributed by atoms with E-state index in [0.717, 1.165) is 55.4 Å². The molecule has 146 valence electrons. The molecule has 0 atom stereocenters. The molecule has 0 N–H and O–H groups in total. The van der Waals surface area contributed by atoms with Gasteiger partial charge in [0.15, 0.2) is 11.5 Å². The summed E-state index contributed by atoms with van der Waals surface area (Å²) in [5.41, 5.74) is 3.69. The normalized spacial score (nSPS) is 15.1. The van der Waals surface area contributed by atoms with Gasteiger partial charge in [-0.15, -0.1) is 0 Å². The molecule has 6 nitrogen and oxygen atoms in total. The van der Waals surface area contributed by atoms with Crippen molar-refractivity contribution < 1.29 is 4.39 Å². The fraction of sp³-hybridized carbons (Fsp3) is 0.227. The van der Waals surface area contributed by atoms with E-state index in [4.69, 9.17) is 0 Å². The van der Waals surface area contributed by atoms with Crippen molar-refractivity contribution in [3.8, 4) is 11.3 Å². The fourth-order valence-corrected chi connectivity index (χ4v) is 3.86. The first kappa shape index (κ1) is 17.8. The lowest BCUT2D eigenvalue weighted by molar-refractivity contribution is 0.249. The molecule has 1 fully saturated rings. The Bertz CT molecular complexity index is 1120. The molecule has 1 aliphatic heterocycles. The van der Waals surface area contributed by atoms with E-state index < -0.39 is 0 Å². The summed E-state index contributed by atoms with van der Waals surface area (Å²) in [5.74, 6) is 0.618. The number of pyridine rings is 1. The highest BCUT2D eigenvalue weighted by Gasteiger charge is 2.21. The maximum absolute atomic E-state index is 13.7. The van der Waals surface area contributed by atoms with Crippen LogP contribution in [0.4, 0.5) is 10.2 Å². The van der Waals surface area contributed by atoms with Crippen LogP contribution in [-0.2, 0) is 6.54 Å². The molecule has 1 saturated heterocycles. The van der Waals surface area contributed by atoms with Crippen LogP contribution >= 0.6 is 0 Å². The highest BCUT2D eigenvalue weighted by atomic mass is 19.1. The van der Waals surface area contributed by atoms with Gasteiger partial charge in [0.1, 0.15) is 5.82 Å². The molecule has 0 aliphatic carbocycles. The van der Waals surface area contributed by atoms with E-state index in [9.17, 15) is 4.39 Å². The Kier molecular flexibility index (Phi) is 4.65. The van der Waals surface area contributed by atoms with Gasteiger partial charge in [-0.1, -0.05) is 18.2 Å². The van der Waals surface area contributed by atoms with Gasteiger partial charge in [-0.3, -0.25) is 14.3 Å². The topological polar surface area (TPSA) is 49.6 Å². The van der Waals surface area contributed by atoms with Crippen LogP contribution in [-0.4, -0.2) is 50.4 Å². The van der Waals surface area contributed by atoms with Crippen molar-refractivity contribution in [2.75, 3.05) is 31.1 Å². The number of nitrogens with zero attached hydrogens (tertiary/aromatic N) is 6. The predicted octanol–water partition coefficient (Wildman–Crippen LogP) is 3.25. The molecule has 29 heavy (non-hydrogen) atoms. The maximum Gasteiger partial charge on any atom is 0.180 e. The minimum absolute atomic E-state index is 0.253. The van der Waals surface area contributed by atoms with Crippen molar-refractivity contribution in [2.24, 2.45) is 0 Å². The Morgan fingerprint density at radius 1 is 0.931 bits per heavy atom. The van der Waals surface area contributed by atoms with E-state index in [-0.39, 0.29) is 5.82 Å². The third-order valence-corrected chi connectivity index (χ3v) is 5.33. The van der Waals surface area contributed by atoms with E-state index in [1.807, 2.05) is 28.9 Å². The molecule has 0 spiro atoms. The number of fused-ring (bicyclic) bond motifs is 1. The summed E-state index contributed by atoms with van der Waals surface area (Å²) in [6, 6.07) is 10.7. The molecule has 4 heterocycles. The molecule has 3 aromatic heterocycles. The number of imidazole rings is 1. The van der Waals surface area contributed by atoms with Crippen molar-refractivity contribution >= 4 is 11.5 Å². The molecule has 0 amide bonds. The first-order valence-corrected chi connectivity index (χ1v) is 9.72. The van der Waals surface area contributed by atoms with Crippen LogP contribution in [0.3, 0.4) is 0 Å². The van der Waals surface area contributed by atoms with Crippen LogP contribution in [0.1, 0.15) is 5.56 Å². The van der Waals surface area contributed by atoms with Gasteiger partial charge >= 0.3 is 0 Å². The first-order chi connectivity index (χ1) is 14.3. The fourth-order valence-electron chi connectivity index (χ4n) is 3.86. The minimum atomic E-state index is -0.253. The Balaban J connectivity index is 1.36. The van der Waals surface area contributed by atoms with Crippen LogP contribution < -0.4 is 4.90 Å². The van der Waals surface area contributed by atoms with E-state index in [1.54, 1.807) is 24.7 Å². The quantitative estimate of drug-likeness (QED) is 0.537. The summed E-state index contributed by atoms with van der Waals surface area (Å²) in [6.07, 6.45) is 9.18. The summed E-state index contributed by atoms with van der Waals surface area (Å²) < 4.78 is 15.6. The van der Waals surface area contributed by atoms with Gasteiger partial charge in [-0.25, -0.2) is 14.4 Å². The second-order valence-corrected chi connectivity index (χ2v) is 7.22. The molecule has 0 bridgehead atoms. The zero-order valence-corrected chi connectivity index (χ0v) is 15.9. The van der Waals surface area contributed by atoms with Crippen LogP contribution in [0, 0.1) is 5.82 Å². The standard InChI is InChI=1S/C22H21FN6/c23-19-5-1-4-18(13-19)20-15-26-22-21(25-7-8-29(20)22)28-11-9-27(10-12-28)16-17-3-2-6-24-14-17/h1-8,13-15H,9-12,16H2. The molecule has 4 aromatic rings. The van der Waals surface area contributed by atoms with Crippen LogP contribution in [0.2, 0.25) is 0 Å². The summed E-state index contributed by atoms with van der Waals surface area (Å²) in [7, 11) is 0. The Morgan fingerprint density at radius 2 is 1.83 bits per heavy atom. The predicted molar refractivity (Wildman–Crippen MR) is 110 cm³/mol. The molecule has 7 heteroatoms. The van der Waals surface area contributed by atoms with E-state index in [0.29, 0.717) is 0 Å². The van der Waals surface area contributed by atoms with Gasteiger partial charge in [0.05, 0.1) is 11.9 Å². The number of hydrogen-bond acceptors (Lipinski definition) is 5. The molecule has 1 aliphatic rings. The minimum Gasteiger partial charge on any atom is -0.351 e. The maximum atomic E-state index is 13.7. The SMILES string of the molecule is Fc1cccc(-c2cnc3c(N4CCN(Cc5cccnc5)CC4)nccn23)c1. The van der Waals surface area contributed by atoms with Crippen molar-refractivity contribution in [3.05, 3.63) is 78.8 Å². The molecule has 0 unspecified atom stereocenters. The zero-order chi connectivity index (χ0) is 19.6. The van der Waals surface area contributed by atoms with Crippen LogP contribution in [0.25, 0.3) is 16.9 Å². The zero-order valence-electron chi connectivity index (χ0n) is 15.9. The Labute approximate surface area is 168 Å². The molecular weight excluding hydrogens is 367 g/mol. The number of benzene rings is 1. The molecule has 0 radical (unpaired) electrons. The molecule has 0 saturated carbocycles. The number of halogens is 1. The largest absolute Gasteiger partial charge is 0.351 e. The van der Waals surface area contributed by atoms with Gasteiger partial charge in [0.2, 0.25) is 0 Å². The van der Waals surface area contributed by atoms with Gasteiger partial charge < -0.3 is 4.90 Å². The molecular formula is C22H21FN6. The Hall–Kier alpha value is -3.32. The first-order valence-electron chi connectivity index (χ1n) is 9.72. The number of anilines is 1. The van der Waals surface area contributed by atoms with E-state index in [1.165, 1.54) is 17.7 Å². The summed E-state index contributed by atoms with van der Waals surface area (Å²) >= 11 is 0. The number of hydrogen-bond donors (Lipinski definition) is 0. The number of rotatable bonds is 4. The third-order valence-electron chi connectivity index (χ3n) is 5.33. The average Bonchev–Trinajstić information content (AvgIpc) is 3.19. The monoisotopic (exact) mass is 388 g/mol. The number of aromatic nitrogens is 4.